The van der Waals surface area contributed by atoms with Crippen LogP contribution in [0.15, 0.2) is 22.5 Å². The van der Waals surface area contributed by atoms with E-state index in [1.54, 1.807) is 11.8 Å². The number of aromatic nitrogens is 2. The van der Waals surface area contributed by atoms with E-state index in [0.717, 1.165) is 44.3 Å². The largest absolute Gasteiger partial charge is 0.330 e. The van der Waals surface area contributed by atoms with E-state index in [-0.39, 0.29) is 0 Å². The van der Waals surface area contributed by atoms with Crippen molar-refractivity contribution in [3.63, 3.8) is 0 Å². The first-order valence-corrected chi connectivity index (χ1v) is 8.73. The van der Waals surface area contributed by atoms with E-state index in [1.807, 2.05) is 25.1 Å². The molecule has 2 rings (SSSR count). The lowest BCUT2D eigenvalue weighted by Crippen LogP contribution is -1.89. The number of benzene rings is 1. The maximum Gasteiger partial charge on any atom is 0.210 e. The smallest absolute Gasteiger partial charge is 0.210 e. The molecule has 0 aliphatic heterocycles. The van der Waals surface area contributed by atoms with E-state index in [9.17, 15) is 0 Å². The molecule has 4 nitrogen and oxygen atoms in total. The quantitative estimate of drug-likeness (QED) is 0.566. The number of anilines is 2. The molecule has 0 unspecified atom stereocenters. The minimum absolute atomic E-state index is 0.623. The van der Waals surface area contributed by atoms with Crippen LogP contribution in [-0.4, -0.2) is 16.0 Å². The summed E-state index contributed by atoms with van der Waals surface area (Å²) in [4.78, 5) is 0. The summed E-state index contributed by atoms with van der Waals surface area (Å²) in [7, 11) is 0. The average Bonchev–Trinajstić information content (AvgIpc) is 2.90. The number of rotatable bonds is 7. The van der Waals surface area contributed by atoms with Gasteiger partial charge in [-0.3, -0.25) is 0 Å². The molecular weight excluding hydrogens is 324 g/mol. The molecule has 0 fully saturated rings. The summed E-state index contributed by atoms with van der Waals surface area (Å²) >= 11 is 9.30. The lowest BCUT2D eigenvalue weighted by atomic mass is 10.2. The van der Waals surface area contributed by atoms with Gasteiger partial charge in [0, 0.05) is 22.9 Å². The molecule has 0 aliphatic carbocycles. The van der Waals surface area contributed by atoms with E-state index >= 15 is 0 Å². The summed E-state index contributed by atoms with van der Waals surface area (Å²) in [5.41, 5.74) is 1.96. The van der Waals surface area contributed by atoms with Crippen LogP contribution in [0.25, 0.3) is 0 Å². The molecule has 0 saturated carbocycles. The van der Waals surface area contributed by atoms with Crippen molar-refractivity contribution in [3.8, 4) is 6.07 Å². The molecule has 1 N–H and O–H groups in total. The molecule has 0 bridgehead atoms. The molecule has 0 amide bonds. The summed E-state index contributed by atoms with van der Waals surface area (Å²) < 4.78 is 0.938. The minimum Gasteiger partial charge on any atom is -0.330 e. The van der Waals surface area contributed by atoms with Crippen LogP contribution in [0.5, 0.6) is 0 Å². The molecule has 0 saturated heterocycles. The summed E-state index contributed by atoms with van der Waals surface area (Å²) in [6.45, 7) is 1.97. The normalized spacial score (nSPS) is 10.3. The van der Waals surface area contributed by atoms with Gasteiger partial charge in [0.15, 0.2) is 4.34 Å². The molecule has 0 aliphatic rings. The lowest BCUT2D eigenvalue weighted by Gasteiger charge is -2.03. The second-order valence-corrected chi connectivity index (χ2v) is 7.15. The molecule has 0 spiro atoms. The number of thioether (sulfide) groups is 1. The van der Waals surface area contributed by atoms with Crippen molar-refractivity contribution in [2.75, 3.05) is 11.1 Å². The van der Waals surface area contributed by atoms with E-state index in [4.69, 9.17) is 16.9 Å². The zero-order valence-corrected chi connectivity index (χ0v) is 14.0. The van der Waals surface area contributed by atoms with Crippen molar-refractivity contribution in [1.82, 2.24) is 10.2 Å². The number of nitrogens with one attached hydrogen (secondary N) is 1. The first-order valence-electron chi connectivity index (χ1n) is 6.55. The van der Waals surface area contributed by atoms with Crippen molar-refractivity contribution >= 4 is 45.5 Å². The molecule has 110 valence electrons. The van der Waals surface area contributed by atoms with Gasteiger partial charge in [0.05, 0.1) is 6.07 Å². The predicted octanol–water partition coefficient (Wildman–Crippen LogP) is 5.03. The topological polar surface area (TPSA) is 61.6 Å². The molecule has 1 heterocycles. The first kappa shape index (κ1) is 16.1. The highest BCUT2D eigenvalue weighted by Crippen LogP contribution is 2.29. The number of nitrogens with zero attached hydrogens (tertiary/aromatic N) is 3. The van der Waals surface area contributed by atoms with Gasteiger partial charge in [0.2, 0.25) is 5.13 Å². The number of nitriles is 1. The number of aryl methyl sites for hydroxylation is 1. The van der Waals surface area contributed by atoms with E-state index < -0.39 is 0 Å². The Morgan fingerprint density at radius 2 is 2.24 bits per heavy atom. The molecule has 1 aromatic heterocycles. The fourth-order valence-corrected chi connectivity index (χ4v) is 3.60. The second kappa shape index (κ2) is 8.23. The summed E-state index contributed by atoms with van der Waals surface area (Å²) in [5.74, 6) is 0.965. The van der Waals surface area contributed by atoms with Gasteiger partial charge in [0.25, 0.3) is 0 Å². The van der Waals surface area contributed by atoms with E-state index in [2.05, 4.69) is 21.6 Å². The molecule has 1 aromatic carbocycles. The van der Waals surface area contributed by atoms with Crippen LogP contribution in [0, 0.1) is 18.3 Å². The zero-order chi connectivity index (χ0) is 15.1. The highest BCUT2D eigenvalue weighted by atomic mass is 35.5. The monoisotopic (exact) mass is 338 g/mol. The molecular formula is C14H15ClN4S2. The fraction of sp³-hybridized carbons (Fsp3) is 0.357. The molecule has 0 radical (unpaired) electrons. The van der Waals surface area contributed by atoms with Gasteiger partial charge in [-0.1, -0.05) is 40.8 Å². The Balaban J connectivity index is 1.85. The van der Waals surface area contributed by atoms with Crippen LogP contribution in [0.4, 0.5) is 10.8 Å². The lowest BCUT2D eigenvalue weighted by molar-refractivity contribution is 0.829. The van der Waals surface area contributed by atoms with Crippen LogP contribution >= 0.6 is 34.7 Å². The van der Waals surface area contributed by atoms with Gasteiger partial charge < -0.3 is 5.32 Å². The fourth-order valence-electron chi connectivity index (χ4n) is 1.58. The van der Waals surface area contributed by atoms with Gasteiger partial charge in [-0.05, 0) is 37.5 Å². The Hall–Kier alpha value is -1.29. The minimum atomic E-state index is 0.623. The number of hydrogen-bond acceptors (Lipinski definition) is 6. The van der Waals surface area contributed by atoms with Crippen LogP contribution in [0.1, 0.15) is 24.8 Å². The standard InChI is InChI=1S/C14H15ClN4S2/c1-10-5-6-11(9-12(10)15)17-13-18-19-14(21-13)20-8-4-2-3-7-16/h5-6,9H,2-4,8H2,1H3,(H,17,18). The van der Waals surface area contributed by atoms with Crippen LogP contribution in [0.3, 0.4) is 0 Å². The van der Waals surface area contributed by atoms with Gasteiger partial charge >= 0.3 is 0 Å². The molecule has 7 heteroatoms. The van der Waals surface area contributed by atoms with Crippen molar-refractivity contribution in [2.24, 2.45) is 0 Å². The number of halogens is 1. The summed E-state index contributed by atoms with van der Waals surface area (Å²) in [6, 6.07) is 7.97. The Morgan fingerprint density at radius 1 is 1.38 bits per heavy atom. The second-order valence-electron chi connectivity index (χ2n) is 4.43. The van der Waals surface area contributed by atoms with Crippen molar-refractivity contribution < 1.29 is 0 Å². The Kier molecular flexibility index (Phi) is 6.30. The van der Waals surface area contributed by atoms with Gasteiger partial charge in [-0.2, -0.15) is 5.26 Å². The first-order chi connectivity index (χ1) is 10.2. The maximum atomic E-state index is 8.47. The van der Waals surface area contributed by atoms with Gasteiger partial charge in [0.1, 0.15) is 0 Å². The maximum absolute atomic E-state index is 8.47. The number of hydrogen-bond donors (Lipinski definition) is 1. The van der Waals surface area contributed by atoms with Crippen molar-refractivity contribution in [3.05, 3.63) is 28.8 Å². The van der Waals surface area contributed by atoms with Crippen molar-refractivity contribution in [2.45, 2.75) is 30.5 Å². The van der Waals surface area contributed by atoms with Gasteiger partial charge in [-0.25, -0.2) is 0 Å². The zero-order valence-electron chi connectivity index (χ0n) is 11.6. The summed E-state index contributed by atoms with van der Waals surface area (Å²) in [6.07, 6.45) is 2.58. The van der Waals surface area contributed by atoms with Crippen LogP contribution < -0.4 is 5.32 Å². The van der Waals surface area contributed by atoms with E-state index in [1.165, 1.54) is 11.3 Å². The molecule has 0 atom stereocenters. The van der Waals surface area contributed by atoms with E-state index in [0.29, 0.717) is 6.42 Å². The number of unbranched alkanes of at least 4 members (excludes halogenated alkanes) is 2. The third-order valence-electron chi connectivity index (χ3n) is 2.74. The van der Waals surface area contributed by atoms with Gasteiger partial charge in [-0.15, -0.1) is 10.2 Å². The van der Waals surface area contributed by atoms with Crippen LogP contribution in [0.2, 0.25) is 5.02 Å². The highest BCUT2D eigenvalue weighted by Gasteiger charge is 2.06. The third-order valence-corrected chi connectivity index (χ3v) is 5.20. The van der Waals surface area contributed by atoms with Crippen molar-refractivity contribution in [1.29, 1.82) is 5.26 Å². The average molecular weight is 339 g/mol. The predicted molar refractivity (Wildman–Crippen MR) is 89.6 cm³/mol. The SMILES string of the molecule is Cc1ccc(Nc2nnc(SCCCCC#N)s2)cc1Cl. The Labute approximate surface area is 137 Å². The highest BCUT2D eigenvalue weighted by molar-refractivity contribution is 8.01. The molecule has 21 heavy (non-hydrogen) atoms. The van der Waals surface area contributed by atoms with Crippen LogP contribution in [-0.2, 0) is 0 Å². The third kappa shape index (κ3) is 5.20. The Morgan fingerprint density at radius 3 is 3.00 bits per heavy atom. The summed E-state index contributed by atoms with van der Waals surface area (Å²) in [5, 5.41) is 21.4. The Bertz CT molecular complexity index is 636. The molecule has 2 aromatic rings.